The van der Waals surface area contributed by atoms with Gasteiger partial charge in [0, 0.05) is 24.2 Å². The van der Waals surface area contributed by atoms with Gasteiger partial charge in [0.2, 0.25) is 5.16 Å². The first-order valence-electron chi connectivity index (χ1n) is 11.5. The van der Waals surface area contributed by atoms with Crippen molar-refractivity contribution in [1.82, 2.24) is 24.1 Å². The van der Waals surface area contributed by atoms with Gasteiger partial charge in [-0.15, -0.1) is 5.10 Å². The molecule has 2 aliphatic rings. The zero-order chi connectivity index (χ0) is 22.4. The average molecular weight is 464 g/mol. The van der Waals surface area contributed by atoms with Crippen LogP contribution >= 0.6 is 11.8 Å². The summed E-state index contributed by atoms with van der Waals surface area (Å²) in [5, 5.41) is 5.84. The molecule has 0 saturated heterocycles. The summed E-state index contributed by atoms with van der Waals surface area (Å²) in [6, 6.07) is 8.18. The van der Waals surface area contributed by atoms with Crippen molar-refractivity contribution in [3.05, 3.63) is 52.6 Å². The van der Waals surface area contributed by atoms with Crippen LogP contribution in [0.5, 0.6) is 11.5 Å². The van der Waals surface area contributed by atoms with Gasteiger partial charge in [-0.25, -0.2) is 4.98 Å². The van der Waals surface area contributed by atoms with Gasteiger partial charge in [-0.2, -0.15) is 9.50 Å². The highest BCUT2D eigenvalue weighted by molar-refractivity contribution is 7.98. The minimum Gasteiger partial charge on any atom is -0.486 e. The van der Waals surface area contributed by atoms with Crippen molar-refractivity contribution in [2.24, 2.45) is 5.92 Å². The first kappa shape index (κ1) is 20.5. The number of ether oxygens (including phenoxy) is 2. The van der Waals surface area contributed by atoms with Crippen molar-refractivity contribution in [3.8, 4) is 11.5 Å². The standard InChI is InChI=1S/C24H25N5O3S/c1-15-4-2-3-5-18(15)28-9-8-19-17(22(28)30)13-25-23-26-24(27-29(19)23)33-14-16-6-7-20-21(12-16)32-11-10-31-20/h6-9,12-13,15,18H,2-5,10-11,14H2,1H3. The Hall–Kier alpha value is -3.07. The summed E-state index contributed by atoms with van der Waals surface area (Å²) in [6.07, 6.45) is 8.19. The van der Waals surface area contributed by atoms with E-state index in [0.717, 1.165) is 29.0 Å². The molecule has 1 aliphatic heterocycles. The molecular formula is C24H25N5O3S. The van der Waals surface area contributed by atoms with Crippen LogP contribution in [0.2, 0.25) is 0 Å². The molecule has 8 nitrogen and oxygen atoms in total. The van der Waals surface area contributed by atoms with Crippen LogP contribution in [0.25, 0.3) is 16.7 Å². The normalized spacial score (nSPS) is 20.4. The zero-order valence-corrected chi connectivity index (χ0v) is 19.3. The van der Waals surface area contributed by atoms with Crippen molar-refractivity contribution in [1.29, 1.82) is 0 Å². The molecule has 170 valence electrons. The molecule has 3 aromatic heterocycles. The first-order valence-corrected chi connectivity index (χ1v) is 12.4. The smallest absolute Gasteiger partial charge is 0.261 e. The van der Waals surface area contributed by atoms with E-state index in [4.69, 9.17) is 9.47 Å². The molecule has 2 atom stereocenters. The lowest BCUT2D eigenvalue weighted by Crippen LogP contribution is -2.30. The fourth-order valence-corrected chi connectivity index (χ4v) is 5.63. The predicted octanol–water partition coefficient (Wildman–Crippen LogP) is 4.25. The van der Waals surface area contributed by atoms with E-state index >= 15 is 0 Å². The summed E-state index contributed by atoms with van der Waals surface area (Å²) in [6.45, 7) is 3.39. The fraction of sp³-hybridized carbons (Fsp3) is 0.417. The second-order valence-electron chi connectivity index (χ2n) is 8.79. The van der Waals surface area contributed by atoms with Crippen LogP contribution in [0.15, 0.2) is 46.6 Å². The van der Waals surface area contributed by atoms with E-state index in [-0.39, 0.29) is 11.6 Å². The van der Waals surface area contributed by atoms with E-state index in [1.807, 2.05) is 35.0 Å². The number of hydrogen-bond donors (Lipinski definition) is 0. The van der Waals surface area contributed by atoms with Crippen LogP contribution in [-0.4, -0.2) is 37.4 Å². The van der Waals surface area contributed by atoms with Crippen molar-refractivity contribution >= 4 is 28.4 Å². The lowest BCUT2D eigenvalue weighted by atomic mass is 9.85. The molecule has 0 radical (unpaired) electrons. The second-order valence-corrected chi connectivity index (χ2v) is 9.73. The van der Waals surface area contributed by atoms with E-state index in [9.17, 15) is 4.79 Å². The summed E-state index contributed by atoms with van der Waals surface area (Å²) < 4.78 is 14.8. The van der Waals surface area contributed by atoms with Crippen LogP contribution in [0.3, 0.4) is 0 Å². The van der Waals surface area contributed by atoms with Gasteiger partial charge < -0.3 is 14.0 Å². The number of fused-ring (bicyclic) bond motifs is 4. The Bertz CT molecular complexity index is 1400. The number of hydrogen-bond acceptors (Lipinski definition) is 7. The molecule has 6 rings (SSSR count). The fourth-order valence-electron chi connectivity index (χ4n) is 4.87. The van der Waals surface area contributed by atoms with E-state index in [2.05, 4.69) is 22.0 Å². The highest BCUT2D eigenvalue weighted by Crippen LogP contribution is 2.34. The van der Waals surface area contributed by atoms with E-state index in [1.165, 1.54) is 31.0 Å². The number of benzene rings is 1. The maximum absolute atomic E-state index is 13.3. The van der Waals surface area contributed by atoms with Crippen LogP contribution in [0.4, 0.5) is 0 Å². The van der Waals surface area contributed by atoms with Crippen molar-refractivity contribution in [2.45, 2.75) is 49.6 Å². The zero-order valence-electron chi connectivity index (χ0n) is 18.4. The van der Waals surface area contributed by atoms with Gasteiger partial charge in [0.1, 0.15) is 13.2 Å². The highest BCUT2D eigenvalue weighted by atomic mass is 32.2. The molecule has 4 aromatic rings. The molecule has 0 bridgehead atoms. The quantitative estimate of drug-likeness (QED) is 0.418. The average Bonchev–Trinajstić information content (AvgIpc) is 3.27. The monoisotopic (exact) mass is 463 g/mol. The lowest BCUT2D eigenvalue weighted by Gasteiger charge is -2.30. The van der Waals surface area contributed by atoms with Gasteiger partial charge in [0.25, 0.3) is 11.3 Å². The molecule has 1 fully saturated rings. The van der Waals surface area contributed by atoms with Crippen molar-refractivity contribution in [3.63, 3.8) is 0 Å². The maximum Gasteiger partial charge on any atom is 0.261 e. The van der Waals surface area contributed by atoms with Gasteiger partial charge in [0.15, 0.2) is 11.5 Å². The first-order chi connectivity index (χ1) is 16.2. The Morgan fingerprint density at radius 1 is 1.12 bits per heavy atom. The molecule has 33 heavy (non-hydrogen) atoms. The highest BCUT2D eigenvalue weighted by Gasteiger charge is 2.24. The molecule has 9 heteroatoms. The SMILES string of the molecule is CC1CCCCC1n1ccc2c(cnc3nc(SCc4ccc5c(c4)OCCO5)nn32)c1=O. The minimum absolute atomic E-state index is 0.00151. The number of nitrogens with zero attached hydrogens (tertiary/aromatic N) is 5. The van der Waals surface area contributed by atoms with Gasteiger partial charge >= 0.3 is 0 Å². The third kappa shape index (κ3) is 3.74. The summed E-state index contributed by atoms with van der Waals surface area (Å²) >= 11 is 1.53. The van der Waals surface area contributed by atoms with Gasteiger partial charge in [0.05, 0.1) is 10.9 Å². The Kier molecular flexibility index (Phi) is 5.21. The number of rotatable bonds is 4. The summed E-state index contributed by atoms with van der Waals surface area (Å²) in [5.41, 5.74) is 1.84. The van der Waals surface area contributed by atoms with Gasteiger partial charge in [-0.05, 0) is 42.5 Å². The Balaban J connectivity index is 1.29. The molecule has 4 heterocycles. The molecule has 1 aliphatic carbocycles. The molecule has 0 spiro atoms. The third-order valence-corrected chi connectivity index (χ3v) is 7.55. The van der Waals surface area contributed by atoms with Crippen LogP contribution in [-0.2, 0) is 5.75 Å². The summed E-state index contributed by atoms with van der Waals surface area (Å²) in [5.74, 6) is 3.25. The Morgan fingerprint density at radius 2 is 1.97 bits per heavy atom. The van der Waals surface area contributed by atoms with E-state index in [0.29, 0.717) is 41.2 Å². The van der Waals surface area contributed by atoms with Crippen LogP contribution in [0.1, 0.15) is 44.2 Å². The summed E-state index contributed by atoms with van der Waals surface area (Å²) in [7, 11) is 0. The predicted molar refractivity (Wildman–Crippen MR) is 126 cm³/mol. The third-order valence-electron chi connectivity index (χ3n) is 6.64. The van der Waals surface area contributed by atoms with Gasteiger partial charge in [-0.3, -0.25) is 4.79 Å². The number of thioether (sulfide) groups is 1. The second kappa shape index (κ2) is 8.37. The molecule has 1 saturated carbocycles. The van der Waals surface area contributed by atoms with Crippen molar-refractivity contribution < 1.29 is 9.47 Å². The van der Waals surface area contributed by atoms with Crippen LogP contribution < -0.4 is 15.0 Å². The number of pyridine rings is 1. The molecule has 2 unspecified atom stereocenters. The Labute approximate surface area is 194 Å². The minimum atomic E-state index is 0.00151. The lowest BCUT2D eigenvalue weighted by molar-refractivity contribution is 0.171. The van der Waals surface area contributed by atoms with Crippen molar-refractivity contribution in [2.75, 3.05) is 13.2 Å². The molecule has 0 amide bonds. The molecule has 0 N–H and O–H groups in total. The summed E-state index contributed by atoms with van der Waals surface area (Å²) in [4.78, 5) is 22.3. The topological polar surface area (TPSA) is 83.5 Å². The molecular weight excluding hydrogens is 438 g/mol. The molecule has 1 aromatic carbocycles. The van der Waals surface area contributed by atoms with Gasteiger partial charge in [-0.1, -0.05) is 37.6 Å². The largest absolute Gasteiger partial charge is 0.486 e. The maximum atomic E-state index is 13.3. The van der Waals surface area contributed by atoms with E-state index in [1.54, 1.807) is 10.7 Å². The Morgan fingerprint density at radius 3 is 2.85 bits per heavy atom. The van der Waals surface area contributed by atoms with E-state index < -0.39 is 0 Å². The van der Waals surface area contributed by atoms with Crippen LogP contribution in [0, 0.1) is 5.92 Å². The number of aromatic nitrogens is 5.